The molecular formula is C18H20ClN3O3. The topological polar surface area (TPSA) is 72.8 Å². The van der Waals surface area contributed by atoms with Crippen molar-refractivity contribution in [1.29, 1.82) is 0 Å². The molecule has 1 heterocycles. The van der Waals surface area contributed by atoms with Crippen LogP contribution >= 0.6 is 11.6 Å². The lowest BCUT2D eigenvalue weighted by atomic mass is 10.2. The van der Waals surface area contributed by atoms with E-state index in [-0.39, 0.29) is 5.91 Å². The van der Waals surface area contributed by atoms with Gasteiger partial charge in [0.15, 0.2) is 11.5 Å². The smallest absolute Gasteiger partial charge is 0.272 e. The van der Waals surface area contributed by atoms with Crippen molar-refractivity contribution in [1.82, 2.24) is 10.4 Å². The normalized spacial score (nSPS) is 10.7. The van der Waals surface area contributed by atoms with Gasteiger partial charge in [0.1, 0.15) is 0 Å². The van der Waals surface area contributed by atoms with Gasteiger partial charge in [0, 0.05) is 12.4 Å². The highest BCUT2D eigenvalue weighted by Gasteiger charge is 2.12. The van der Waals surface area contributed by atoms with E-state index in [9.17, 15) is 4.79 Å². The number of hydrogen-bond donors (Lipinski definition) is 1. The Morgan fingerprint density at radius 2 is 2.20 bits per heavy atom. The molecule has 1 amide bonds. The van der Waals surface area contributed by atoms with Crippen molar-refractivity contribution >= 4 is 23.7 Å². The van der Waals surface area contributed by atoms with Crippen molar-refractivity contribution in [2.24, 2.45) is 5.10 Å². The summed E-state index contributed by atoms with van der Waals surface area (Å²) in [5.74, 6) is 0.716. The number of hydrazone groups is 1. The van der Waals surface area contributed by atoms with Crippen molar-refractivity contribution < 1.29 is 14.3 Å². The Morgan fingerprint density at radius 3 is 2.88 bits per heavy atom. The highest BCUT2D eigenvalue weighted by molar-refractivity contribution is 6.32. The van der Waals surface area contributed by atoms with E-state index in [1.807, 2.05) is 13.8 Å². The summed E-state index contributed by atoms with van der Waals surface area (Å²) in [5.41, 5.74) is 3.55. The number of carbonyl (C=O) groups excluding carboxylic acids is 1. The molecule has 7 heteroatoms. The van der Waals surface area contributed by atoms with Crippen LogP contribution in [0.15, 0.2) is 41.8 Å². The van der Waals surface area contributed by atoms with Gasteiger partial charge in [-0.2, -0.15) is 5.10 Å². The maximum atomic E-state index is 11.9. The number of benzene rings is 1. The Balaban J connectivity index is 2.12. The van der Waals surface area contributed by atoms with Crippen molar-refractivity contribution in [2.45, 2.75) is 20.3 Å². The Kier molecular flexibility index (Phi) is 7.22. The maximum Gasteiger partial charge on any atom is 0.272 e. The monoisotopic (exact) mass is 361 g/mol. The van der Waals surface area contributed by atoms with Crippen LogP contribution in [0, 0.1) is 0 Å². The molecule has 0 aliphatic rings. The quantitative estimate of drug-likeness (QED) is 0.575. The van der Waals surface area contributed by atoms with E-state index in [4.69, 9.17) is 21.1 Å². The summed E-state index contributed by atoms with van der Waals surface area (Å²) in [6.45, 7) is 4.93. The van der Waals surface area contributed by atoms with E-state index in [1.54, 1.807) is 30.5 Å². The summed E-state index contributed by atoms with van der Waals surface area (Å²) in [5, 5.41) is 4.37. The Bertz CT molecular complexity index is 736. The molecule has 0 bridgehead atoms. The molecule has 1 N–H and O–H groups in total. The zero-order chi connectivity index (χ0) is 18.1. The molecule has 0 atom stereocenters. The van der Waals surface area contributed by atoms with Crippen molar-refractivity contribution in [3.63, 3.8) is 0 Å². The van der Waals surface area contributed by atoms with E-state index in [0.29, 0.717) is 40.9 Å². The minimum absolute atomic E-state index is 0.344. The fourth-order valence-corrected chi connectivity index (χ4v) is 2.27. The molecule has 0 radical (unpaired) electrons. The number of halogens is 1. The number of pyridine rings is 1. The molecule has 0 unspecified atom stereocenters. The SMILES string of the molecule is CCCOc1c(Cl)cc(/C=N\NC(=O)c2cccnc2)cc1OCC. The van der Waals surface area contributed by atoms with Gasteiger partial charge in [0.25, 0.3) is 5.91 Å². The average molecular weight is 362 g/mol. The third kappa shape index (κ3) is 5.46. The van der Waals surface area contributed by atoms with Gasteiger partial charge in [0.05, 0.1) is 30.0 Å². The molecule has 2 rings (SSSR count). The molecule has 1 aromatic heterocycles. The fraction of sp³-hybridized carbons (Fsp3) is 0.278. The second-order valence-corrected chi connectivity index (χ2v) is 5.46. The van der Waals surface area contributed by atoms with Gasteiger partial charge in [-0.15, -0.1) is 0 Å². The minimum Gasteiger partial charge on any atom is -0.490 e. The third-order valence-electron chi connectivity index (χ3n) is 3.09. The molecule has 2 aromatic rings. The summed E-state index contributed by atoms with van der Waals surface area (Å²) >= 11 is 6.28. The summed E-state index contributed by atoms with van der Waals surface area (Å²) in [4.78, 5) is 15.8. The second-order valence-electron chi connectivity index (χ2n) is 5.05. The first-order valence-electron chi connectivity index (χ1n) is 7.98. The van der Waals surface area contributed by atoms with Gasteiger partial charge in [-0.3, -0.25) is 9.78 Å². The third-order valence-corrected chi connectivity index (χ3v) is 3.37. The summed E-state index contributed by atoms with van der Waals surface area (Å²) < 4.78 is 11.2. The minimum atomic E-state index is -0.344. The number of ether oxygens (including phenoxy) is 2. The standard InChI is InChI=1S/C18H20ClN3O3/c1-3-8-25-17-15(19)9-13(10-16(17)24-4-2)11-21-22-18(23)14-6-5-7-20-12-14/h5-7,9-12H,3-4,8H2,1-2H3,(H,22,23)/b21-11-. The molecule has 1 aromatic carbocycles. The number of hydrogen-bond acceptors (Lipinski definition) is 5. The zero-order valence-corrected chi connectivity index (χ0v) is 14.9. The van der Waals surface area contributed by atoms with Gasteiger partial charge in [-0.25, -0.2) is 5.43 Å². The number of amides is 1. The first kappa shape index (κ1) is 18.7. The summed E-state index contributed by atoms with van der Waals surface area (Å²) in [6, 6.07) is 6.80. The number of carbonyl (C=O) groups is 1. The Morgan fingerprint density at radius 1 is 1.36 bits per heavy atom. The van der Waals surface area contributed by atoms with Crippen LogP contribution in [-0.2, 0) is 0 Å². The lowest BCUT2D eigenvalue weighted by Gasteiger charge is -2.13. The molecule has 0 spiro atoms. The predicted octanol–water partition coefficient (Wildman–Crippen LogP) is 3.69. The Hall–Kier alpha value is -2.60. The first-order valence-corrected chi connectivity index (χ1v) is 8.36. The van der Waals surface area contributed by atoms with Crippen LogP contribution in [0.3, 0.4) is 0 Å². The van der Waals surface area contributed by atoms with Gasteiger partial charge in [-0.05, 0) is 43.2 Å². The molecule has 25 heavy (non-hydrogen) atoms. The van der Waals surface area contributed by atoms with Crippen LogP contribution < -0.4 is 14.9 Å². The predicted molar refractivity (Wildman–Crippen MR) is 97.7 cm³/mol. The molecule has 0 saturated carbocycles. The van der Waals surface area contributed by atoms with E-state index >= 15 is 0 Å². The van der Waals surface area contributed by atoms with E-state index in [0.717, 1.165) is 6.42 Å². The first-order chi connectivity index (χ1) is 12.2. The van der Waals surface area contributed by atoms with Crippen LogP contribution in [0.1, 0.15) is 36.2 Å². The molecule has 0 aliphatic heterocycles. The van der Waals surface area contributed by atoms with Gasteiger partial charge < -0.3 is 9.47 Å². The van der Waals surface area contributed by atoms with Crippen LogP contribution in [0.5, 0.6) is 11.5 Å². The van der Waals surface area contributed by atoms with Crippen LogP contribution in [0.25, 0.3) is 0 Å². The number of nitrogens with one attached hydrogen (secondary N) is 1. The summed E-state index contributed by atoms with van der Waals surface area (Å²) in [7, 11) is 0. The van der Waals surface area contributed by atoms with Gasteiger partial charge in [0.2, 0.25) is 0 Å². The van der Waals surface area contributed by atoms with Crippen molar-refractivity contribution in [3.05, 3.63) is 52.8 Å². The molecule has 6 nitrogen and oxygen atoms in total. The zero-order valence-electron chi connectivity index (χ0n) is 14.2. The second kappa shape index (κ2) is 9.64. The van der Waals surface area contributed by atoms with E-state index in [2.05, 4.69) is 15.5 Å². The maximum absolute atomic E-state index is 11.9. The van der Waals surface area contributed by atoms with Crippen LogP contribution in [0.2, 0.25) is 5.02 Å². The van der Waals surface area contributed by atoms with Crippen LogP contribution in [0.4, 0.5) is 0 Å². The molecule has 132 valence electrons. The number of nitrogens with zero attached hydrogens (tertiary/aromatic N) is 2. The molecule has 0 aliphatic carbocycles. The Labute approximate surface area is 151 Å². The van der Waals surface area contributed by atoms with Gasteiger partial charge in [-0.1, -0.05) is 18.5 Å². The average Bonchev–Trinajstić information content (AvgIpc) is 2.62. The van der Waals surface area contributed by atoms with E-state index < -0.39 is 0 Å². The molecular weight excluding hydrogens is 342 g/mol. The van der Waals surface area contributed by atoms with Gasteiger partial charge >= 0.3 is 0 Å². The largest absolute Gasteiger partial charge is 0.490 e. The van der Waals surface area contributed by atoms with Crippen molar-refractivity contribution in [3.8, 4) is 11.5 Å². The summed E-state index contributed by atoms with van der Waals surface area (Å²) in [6.07, 6.45) is 5.42. The van der Waals surface area contributed by atoms with E-state index in [1.165, 1.54) is 12.4 Å². The lowest BCUT2D eigenvalue weighted by Crippen LogP contribution is -2.17. The highest BCUT2D eigenvalue weighted by atomic mass is 35.5. The number of rotatable bonds is 8. The lowest BCUT2D eigenvalue weighted by molar-refractivity contribution is 0.0955. The highest BCUT2D eigenvalue weighted by Crippen LogP contribution is 2.36. The molecule has 0 saturated heterocycles. The fourth-order valence-electron chi connectivity index (χ4n) is 2.00. The van der Waals surface area contributed by atoms with Crippen molar-refractivity contribution in [2.75, 3.05) is 13.2 Å². The number of aromatic nitrogens is 1. The van der Waals surface area contributed by atoms with Crippen LogP contribution in [-0.4, -0.2) is 30.3 Å². The molecule has 0 fully saturated rings.